The predicted octanol–water partition coefficient (Wildman–Crippen LogP) is 5.62. The van der Waals surface area contributed by atoms with Crippen molar-refractivity contribution in [1.29, 1.82) is 0 Å². The number of ether oxygens (including phenoxy) is 2. The first-order valence-electron chi connectivity index (χ1n) is 7.59. The fourth-order valence-corrected chi connectivity index (χ4v) is 3.04. The molecule has 0 unspecified atom stereocenters. The van der Waals surface area contributed by atoms with E-state index in [0.29, 0.717) is 0 Å². The lowest BCUT2D eigenvalue weighted by Gasteiger charge is -2.34. The topological polar surface area (TPSA) is 18.5 Å². The molecule has 3 heteroatoms. The van der Waals surface area contributed by atoms with Gasteiger partial charge in [-0.3, -0.25) is 0 Å². The summed E-state index contributed by atoms with van der Waals surface area (Å²) in [6, 6.07) is 0. The second kappa shape index (κ2) is 7.28. The van der Waals surface area contributed by atoms with Crippen LogP contribution in [0.4, 0.5) is 0 Å². The van der Waals surface area contributed by atoms with Crippen LogP contribution in [0.3, 0.4) is 0 Å². The van der Waals surface area contributed by atoms with E-state index in [9.17, 15) is 0 Å². The summed E-state index contributed by atoms with van der Waals surface area (Å²) in [5, 5.41) is 0. The Hall–Kier alpha value is 0.650. The first-order valence-corrected chi connectivity index (χ1v) is 8.67. The van der Waals surface area contributed by atoms with Gasteiger partial charge < -0.3 is 9.47 Å². The SMILES string of the molecule is CC(C)(C)COC(C)(C)CCOC(C)(C)CC(C)(C)I. The van der Waals surface area contributed by atoms with Gasteiger partial charge in [0, 0.05) is 3.42 Å². The van der Waals surface area contributed by atoms with Gasteiger partial charge in [0.15, 0.2) is 0 Å². The van der Waals surface area contributed by atoms with Gasteiger partial charge in [-0.15, -0.1) is 0 Å². The first kappa shape index (κ1) is 20.6. The minimum absolute atomic E-state index is 0.0786. The Kier molecular flexibility index (Phi) is 7.51. The highest BCUT2D eigenvalue weighted by atomic mass is 127. The molecule has 122 valence electrons. The highest BCUT2D eigenvalue weighted by molar-refractivity contribution is 14.1. The molecular formula is C17H35IO2. The highest BCUT2D eigenvalue weighted by Gasteiger charge is 2.28. The van der Waals surface area contributed by atoms with Crippen LogP contribution in [0.15, 0.2) is 0 Å². The van der Waals surface area contributed by atoms with Crippen LogP contribution in [0.25, 0.3) is 0 Å². The fourth-order valence-electron chi connectivity index (χ4n) is 2.12. The van der Waals surface area contributed by atoms with E-state index in [1.54, 1.807) is 0 Å². The van der Waals surface area contributed by atoms with Gasteiger partial charge in [-0.2, -0.15) is 0 Å². The van der Waals surface area contributed by atoms with Gasteiger partial charge in [-0.05, 0) is 46.0 Å². The molecule has 0 N–H and O–H groups in total. The van der Waals surface area contributed by atoms with Crippen LogP contribution in [0, 0.1) is 5.41 Å². The molecule has 0 bridgehead atoms. The predicted molar refractivity (Wildman–Crippen MR) is 96.9 cm³/mol. The Balaban J connectivity index is 4.15. The zero-order valence-electron chi connectivity index (χ0n) is 15.0. The summed E-state index contributed by atoms with van der Waals surface area (Å²) in [6.45, 7) is 21.3. The second-order valence-electron chi connectivity index (χ2n) is 8.86. The molecule has 0 fully saturated rings. The highest BCUT2D eigenvalue weighted by Crippen LogP contribution is 2.31. The van der Waals surface area contributed by atoms with Crippen molar-refractivity contribution in [2.75, 3.05) is 13.2 Å². The fraction of sp³-hybridized carbons (Fsp3) is 1.00. The van der Waals surface area contributed by atoms with Crippen molar-refractivity contribution in [3.8, 4) is 0 Å². The van der Waals surface area contributed by atoms with E-state index in [1.807, 2.05) is 0 Å². The summed E-state index contributed by atoms with van der Waals surface area (Å²) in [7, 11) is 0. The molecule has 0 amide bonds. The largest absolute Gasteiger partial charge is 0.375 e. The van der Waals surface area contributed by atoms with Crippen molar-refractivity contribution in [3.63, 3.8) is 0 Å². The van der Waals surface area contributed by atoms with Crippen molar-refractivity contribution < 1.29 is 9.47 Å². The van der Waals surface area contributed by atoms with Crippen LogP contribution >= 0.6 is 22.6 Å². The second-order valence-corrected chi connectivity index (χ2v) is 11.8. The van der Waals surface area contributed by atoms with E-state index in [-0.39, 0.29) is 20.0 Å². The van der Waals surface area contributed by atoms with E-state index in [0.717, 1.165) is 26.1 Å². The molecule has 0 saturated heterocycles. The molecule has 0 aliphatic heterocycles. The molecule has 0 aromatic carbocycles. The molecule has 0 aromatic rings. The molecule has 0 rings (SSSR count). The maximum atomic E-state index is 6.09. The minimum atomic E-state index is -0.122. The van der Waals surface area contributed by atoms with Gasteiger partial charge in [0.25, 0.3) is 0 Å². The number of alkyl halides is 1. The van der Waals surface area contributed by atoms with Gasteiger partial charge in [-0.1, -0.05) is 57.2 Å². The minimum Gasteiger partial charge on any atom is -0.375 e. The van der Waals surface area contributed by atoms with Crippen LogP contribution in [0.2, 0.25) is 0 Å². The Morgan fingerprint density at radius 2 is 1.25 bits per heavy atom. The van der Waals surface area contributed by atoms with Crippen LogP contribution in [0.5, 0.6) is 0 Å². The molecule has 0 spiro atoms. The Morgan fingerprint density at radius 3 is 1.65 bits per heavy atom. The Labute approximate surface area is 140 Å². The molecule has 0 atom stereocenters. The van der Waals surface area contributed by atoms with Gasteiger partial charge in [-0.25, -0.2) is 0 Å². The van der Waals surface area contributed by atoms with Crippen molar-refractivity contribution in [1.82, 2.24) is 0 Å². The number of rotatable bonds is 8. The zero-order valence-corrected chi connectivity index (χ0v) is 17.2. The molecule has 0 aliphatic carbocycles. The lowest BCUT2D eigenvalue weighted by molar-refractivity contribution is -0.0899. The summed E-state index contributed by atoms with van der Waals surface area (Å²) < 4.78 is 12.4. The van der Waals surface area contributed by atoms with Gasteiger partial charge in [0.05, 0.1) is 24.4 Å². The molecule has 2 nitrogen and oxygen atoms in total. The van der Waals surface area contributed by atoms with Crippen LogP contribution in [0.1, 0.15) is 75.2 Å². The zero-order chi connectivity index (χ0) is 16.2. The Morgan fingerprint density at radius 1 is 0.750 bits per heavy atom. The van der Waals surface area contributed by atoms with Crippen molar-refractivity contribution in [2.45, 2.75) is 89.8 Å². The van der Waals surface area contributed by atoms with E-state index in [2.05, 4.69) is 84.9 Å². The molecular weight excluding hydrogens is 363 g/mol. The van der Waals surface area contributed by atoms with E-state index < -0.39 is 0 Å². The van der Waals surface area contributed by atoms with E-state index in [4.69, 9.17) is 9.47 Å². The third-order valence-electron chi connectivity index (χ3n) is 2.94. The van der Waals surface area contributed by atoms with Crippen molar-refractivity contribution >= 4 is 22.6 Å². The van der Waals surface area contributed by atoms with Gasteiger partial charge >= 0.3 is 0 Å². The monoisotopic (exact) mass is 398 g/mol. The number of hydrogen-bond acceptors (Lipinski definition) is 2. The summed E-state index contributed by atoms with van der Waals surface area (Å²) in [5.41, 5.74) is 0.0105. The average Bonchev–Trinajstić information content (AvgIpc) is 2.09. The van der Waals surface area contributed by atoms with Crippen LogP contribution in [-0.4, -0.2) is 27.8 Å². The lowest BCUT2D eigenvalue weighted by Crippen LogP contribution is -2.35. The van der Waals surface area contributed by atoms with Crippen LogP contribution < -0.4 is 0 Å². The van der Waals surface area contributed by atoms with Gasteiger partial charge in [0.2, 0.25) is 0 Å². The number of halogens is 1. The van der Waals surface area contributed by atoms with Crippen molar-refractivity contribution in [2.24, 2.45) is 5.41 Å². The average molecular weight is 398 g/mol. The maximum absolute atomic E-state index is 6.09. The summed E-state index contributed by atoms with van der Waals surface area (Å²) in [6.07, 6.45) is 1.97. The molecule has 0 radical (unpaired) electrons. The smallest absolute Gasteiger partial charge is 0.0648 e. The third-order valence-corrected chi connectivity index (χ3v) is 3.32. The standard InChI is InChI=1S/C17H35IO2/c1-14(2,3)13-20-16(6,7)10-11-19-17(8,9)12-15(4,5)18/h10-13H2,1-9H3. The molecule has 0 heterocycles. The maximum Gasteiger partial charge on any atom is 0.0648 e. The van der Waals surface area contributed by atoms with Crippen LogP contribution in [-0.2, 0) is 9.47 Å². The quantitative estimate of drug-likeness (QED) is 0.391. The third kappa shape index (κ3) is 12.4. The lowest BCUT2D eigenvalue weighted by atomic mass is 9.95. The summed E-state index contributed by atoms with van der Waals surface area (Å²) >= 11 is 2.49. The van der Waals surface area contributed by atoms with Gasteiger partial charge in [0.1, 0.15) is 0 Å². The molecule has 20 heavy (non-hydrogen) atoms. The van der Waals surface area contributed by atoms with E-state index in [1.165, 1.54) is 0 Å². The van der Waals surface area contributed by atoms with E-state index >= 15 is 0 Å². The van der Waals surface area contributed by atoms with Crippen molar-refractivity contribution in [3.05, 3.63) is 0 Å². The first-order chi connectivity index (χ1) is 8.62. The normalized spacial score (nSPS) is 14.7. The summed E-state index contributed by atoms with van der Waals surface area (Å²) in [4.78, 5) is 0. The summed E-state index contributed by atoms with van der Waals surface area (Å²) in [5.74, 6) is 0. The number of hydrogen-bond donors (Lipinski definition) is 0. The molecule has 0 aromatic heterocycles. The molecule has 0 saturated carbocycles. The molecule has 0 aliphatic rings. The Bertz CT molecular complexity index is 282.